The first-order chi connectivity index (χ1) is 13.1. The van der Waals surface area contributed by atoms with Gasteiger partial charge < -0.3 is 14.8 Å². The van der Waals surface area contributed by atoms with E-state index in [1.165, 1.54) is 6.07 Å². The van der Waals surface area contributed by atoms with E-state index in [2.05, 4.69) is 15.0 Å². The van der Waals surface area contributed by atoms with Gasteiger partial charge in [-0.1, -0.05) is 6.07 Å². The lowest BCUT2D eigenvalue weighted by Gasteiger charge is -2.34. The summed E-state index contributed by atoms with van der Waals surface area (Å²) in [5.74, 6) is 0.632. The molecule has 8 nitrogen and oxygen atoms in total. The van der Waals surface area contributed by atoms with E-state index >= 15 is 0 Å². The molecular weight excluding hydrogens is 346 g/mol. The van der Waals surface area contributed by atoms with Crippen LogP contribution in [0.15, 0.2) is 35.3 Å². The predicted octanol–water partition coefficient (Wildman–Crippen LogP) is 0.569. The minimum atomic E-state index is -0.292. The lowest BCUT2D eigenvalue weighted by Crippen LogP contribution is -2.51. The number of rotatable bonds is 4. The first kappa shape index (κ1) is 17.4. The Balaban J connectivity index is 1.37. The van der Waals surface area contributed by atoms with Crippen LogP contribution in [-0.2, 0) is 11.2 Å². The average molecular weight is 367 g/mol. The molecule has 2 amide bonds. The second-order valence-electron chi connectivity index (χ2n) is 6.96. The molecule has 2 aromatic heterocycles. The van der Waals surface area contributed by atoms with Crippen LogP contribution in [0.25, 0.3) is 0 Å². The first-order valence-electron chi connectivity index (χ1n) is 9.18. The molecule has 4 rings (SSSR count). The molecule has 0 atom stereocenters. The Hall–Kier alpha value is -3.03. The first-order valence-corrected chi connectivity index (χ1v) is 9.18. The molecule has 140 valence electrons. The van der Waals surface area contributed by atoms with Gasteiger partial charge in [-0.2, -0.15) is 0 Å². The molecule has 1 aliphatic heterocycles. The maximum absolute atomic E-state index is 12.7. The van der Waals surface area contributed by atoms with E-state index in [1.807, 2.05) is 18.2 Å². The molecule has 0 bridgehead atoms. The number of aromatic nitrogens is 3. The smallest absolute Gasteiger partial charge is 0.272 e. The van der Waals surface area contributed by atoms with E-state index in [0.29, 0.717) is 32.0 Å². The molecule has 3 heterocycles. The van der Waals surface area contributed by atoms with E-state index in [-0.39, 0.29) is 35.4 Å². The van der Waals surface area contributed by atoms with Crippen LogP contribution in [0.5, 0.6) is 0 Å². The van der Waals surface area contributed by atoms with Crippen LogP contribution in [0, 0.1) is 0 Å². The van der Waals surface area contributed by atoms with Gasteiger partial charge in [-0.05, 0) is 25.0 Å². The highest BCUT2D eigenvalue weighted by molar-refractivity contribution is 5.92. The van der Waals surface area contributed by atoms with Crippen molar-refractivity contribution in [3.8, 4) is 0 Å². The van der Waals surface area contributed by atoms with Crippen molar-refractivity contribution in [2.24, 2.45) is 0 Å². The fraction of sp³-hybridized carbons (Fsp3) is 0.421. The summed E-state index contributed by atoms with van der Waals surface area (Å²) in [4.78, 5) is 51.6. The molecular formula is C19H21N5O3. The van der Waals surface area contributed by atoms with E-state index in [4.69, 9.17) is 0 Å². The summed E-state index contributed by atoms with van der Waals surface area (Å²) >= 11 is 0. The number of aromatic amines is 1. The van der Waals surface area contributed by atoms with Crippen LogP contribution in [0.2, 0.25) is 0 Å². The number of hydrogen-bond acceptors (Lipinski definition) is 5. The number of piperazine rings is 1. The molecule has 2 fully saturated rings. The third kappa shape index (κ3) is 4.05. The topological polar surface area (TPSA) is 99.3 Å². The van der Waals surface area contributed by atoms with Crippen molar-refractivity contribution >= 4 is 11.8 Å². The lowest BCUT2D eigenvalue weighted by molar-refractivity contribution is -0.132. The van der Waals surface area contributed by atoms with Gasteiger partial charge in [-0.15, -0.1) is 0 Å². The quantitative estimate of drug-likeness (QED) is 0.852. The number of H-pyrrole nitrogens is 1. The third-order valence-electron chi connectivity index (χ3n) is 4.92. The highest BCUT2D eigenvalue weighted by Crippen LogP contribution is 2.37. The zero-order chi connectivity index (χ0) is 18.8. The SMILES string of the molecule is O=C(Cc1ccccn1)N1CCN(C(=O)c2cc(=O)[nH]c(C3CC3)n2)CC1. The van der Waals surface area contributed by atoms with Gasteiger partial charge >= 0.3 is 0 Å². The van der Waals surface area contributed by atoms with E-state index in [1.54, 1.807) is 16.0 Å². The number of amides is 2. The number of pyridine rings is 1. The van der Waals surface area contributed by atoms with Crippen LogP contribution < -0.4 is 5.56 Å². The minimum Gasteiger partial charge on any atom is -0.339 e. The van der Waals surface area contributed by atoms with Crippen molar-refractivity contribution in [3.05, 3.63) is 58.0 Å². The molecule has 8 heteroatoms. The standard InChI is InChI=1S/C19H21N5O3/c25-16-12-15(21-18(22-16)13-4-5-13)19(27)24-9-7-23(8-10-24)17(26)11-14-3-1-2-6-20-14/h1-3,6,12-13H,4-5,7-11H2,(H,21,22,25). The summed E-state index contributed by atoms with van der Waals surface area (Å²) in [6.07, 6.45) is 3.92. The van der Waals surface area contributed by atoms with Crippen molar-refractivity contribution in [1.29, 1.82) is 0 Å². The van der Waals surface area contributed by atoms with Gasteiger partial charge in [0.2, 0.25) is 5.91 Å². The maximum Gasteiger partial charge on any atom is 0.272 e. The third-order valence-corrected chi connectivity index (χ3v) is 4.92. The Morgan fingerprint density at radius 2 is 1.85 bits per heavy atom. The molecule has 1 saturated carbocycles. The summed E-state index contributed by atoms with van der Waals surface area (Å²) in [5, 5.41) is 0. The molecule has 0 aromatic carbocycles. The summed E-state index contributed by atoms with van der Waals surface area (Å²) in [7, 11) is 0. The number of carbonyl (C=O) groups is 2. The van der Waals surface area contributed by atoms with Crippen molar-refractivity contribution in [2.75, 3.05) is 26.2 Å². The van der Waals surface area contributed by atoms with Gasteiger partial charge in [0.1, 0.15) is 11.5 Å². The van der Waals surface area contributed by atoms with Gasteiger partial charge in [-0.25, -0.2) is 4.98 Å². The second kappa shape index (κ2) is 7.30. The van der Waals surface area contributed by atoms with Crippen LogP contribution in [0.4, 0.5) is 0 Å². The summed E-state index contributed by atoms with van der Waals surface area (Å²) in [6, 6.07) is 6.76. The van der Waals surface area contributed by atoms with Gasteiger partial charge in [-0.3, -0.25) is 19.4 Å². The largest absolute Gasteiger partial charge is 0.339 e. The Morgan fingerprint density at radius 1 is 1.11 bits per heavy atom. The lowest BCUT2D eigenvalue weighted by atomic mass is 10.2. The van der Waals surface area contributed by atoms with E-state index in [0.717, 1.165) is 18.5 Å². The van der Waals surface area contributed by atoms with Crippen molar-refractivity contribution in [3.63, 3.8) is 0 Å². The Bertz CT molecular complexity index is 899. The fourth-order valence-electron chi connectivity index (χ4n) is 3.23. The molecule has 1 N–H and O–H groups in total. The van der Waals surface area contributed by atoms with E-state index in [9.17, 15) is 14.4 Å². The number of nitrogens with one attached hydrogen (secondary N) is 1. The van der Waals surface area contributed by atoms with Crippen molar-refractivity contribution in [2.45, 2.75) is 25.2 Å². The van der Waals surface area contributed by atoms with Crippen molar-refractivity contribution < 1.29 is 9.59 Å². The van der Waals surface area contributed by atoms with Crippen LogP contribution in [0.1, 0.15) is 40.8 Å². The Labute approximate surface area is 156 Å². The normalized spacial score (nSPS) is 17.0. The van der Waals surface area contributed by atoms with Crippen LogP contribution in [0.3, 0.4) is 0 Å². The Kier molecular flexibility index (Phi) is 4.70. The fourth-order valence-corrected chi connectivity index (χ4v) is 3.23. The molecule has 0 unspecified atom stereocenters. The number of carbonyl (C=O) groups excluding carboxylic acids is 2. The predicted molar refractivity (Wildman–Crippen MR) is 97.3 cm³/mol. The molecule has 1 aliphatic carbocycles. The molecule has 27 heavy (non-hydrogen) atoms. The van der Waals surface area contributed by atoms with Gasteiger partial charge in [0.05, 0.1) is 6.42 Å². The second-order valence-corrected chi connectivity index (χ2v) is 6.96. The summed E-state index contributed by atoms with van der Waals surface area (Å²) in [6.45, 7) is 1.80. The van der Waals surface area contributed by atoms with Gasteiger partial charge in [0.15, 0.2) is 0 Å². The zero-order valence-electron chi connectivity index (χ0n) is 14.9. The number of nitrogens with zero attached hydrogens (tertiary/aromatic N) is 4. The van der Waals surface area contributed by atoms with Gasteiger partial charge in [0, 0.05) is 50.1 Å². The summed E-state index contributed by atoms with van der Waals surface area (Å²) in [5.41, 5.74) is 0.634. The monoisotopic (exact) mass is 367 g/mol. The minimum absolute atomic E-state index is 0.00565. The summed E-state index contributed by atoms with van der Waals surface area (Å²) < 4.78 is 0. The average Bonchev–Trinajstić information content (AvgIpc) is 3.53. The van der Waals surface area contributed by atoms with Crippen LogP contribution >= 0.6 is 0 Å². The maximum atomic E-state index is 12.7. The van der Waals surface area contributed by atoms with Crippen molar-refractivity contribution in [1.82, 2.24) is 24.8 Å². The molecule has 1 saturated heterocycles. The zero-order valence-corrected chi connectivity index (χ0v) is 14.9. The Morgan fingerprint density at radius 3 is 2.52 bits per heavy atom. The van der Waals surface area contributed by atoms with E-state index < -0.39 is 0 Å². The molecule has 0 radical (unpaired) electrons. The molecule has 0 spiro atoms. The highest BCUT2D eigenvalue weighted by atomic mass is 16.2. The van der Waals surface area contributed by atoms with Crippen LogP contribution in [-0.4, -0.2) is 62.7 Å². The highest BCUT2D eigenvalue weighted by Gasteiger charge is 2.29. The van der Waals surface area contributed by atoms with Gasteiger partial charge in [0.25, 0.3) is 11.5 Å². The molecule has 2 aliphatic rings. The number of hydrogen-bond donors (Lipinski definition) is 1. The molecule has 2 aromatic rings.